The number of methoxy groups -OCH3 is 1. The molecule has 1 rings (SSSR count). The number of aryl methyl sites for hydroxylation is 1. The van der Waals surface area contributed by atoms with Gasteiger partial charge in [-0.1, -0.05) is 58.8 Å². The summed E-state index contributed by atoms with van der Waals surface area (Å²) in [5.74, 6) is 1.49. The third-order valence-electron chi connectivity index (χ3n) is 4.62. The fourth-order valence-electron chi connectivity index (χ4n) is 3.18. The first kappa shape index (κ1) is 22.8. The number of hydrogen-bond acceptors (Lipinski definition) is 3. The van der Waals surface area contributed by atoms with Crippen LogP contribution in [0.2, 0.25) is 0 Å². The van der Waals surface area contributed by atoms with Crippen molar-refractivity contribution in [1.82, 2.24) is 0 Å². The zero-order chi connectivity index (χ0) is 19.4. The molecular formula is C22H39NO3. The smallest absolute Gasteiger partial charge is 0.169 e. The number of hydroxylamine groups is 3. The predicted molar refractivity (Wildman–Crippen MR) is 110 cm³/mol. The fraction of sp³-hybridized carbons (Fsp3) is 0.727. The molecule has 1 aromatic rings. The molecule has 0 aliphatic rings. The molecule has 0 saturated carbocycles. The Bertz CT molecular complexity index is 509. The van der Waals surface area contributed by atoms with Crippen molar-refractivity contribution in [2.24, 2.45) is 0 Å². The van der Waals surface area contributed by atoms with Crippen molar-refractivity contribution >= 4 is 0 Å². The minimum Gasteiger partial charge on any atom is -0.633 e. The van der Waals surface area contributed by atoms with E-state index in [1.54, 1.807) is 21.2 Å². The summed E-state index contributed by atoms with van der Waals surface area (Å²) in [7, 11) is 4.99. The molecule has 0 atom stereocenters. The van der Waals surface area contributed by atoms with Crippen molar-refractivity contribution < 1.29 is 14.1 Å². The van der Waals surface area contributed by atoms with Crippen LogP contribution in [0.25, 0.3) is 0 Å². The summed E-state index contributed by atoms with van der Waals surface area (Å²) >= 11 is 0. The number of ether oxygens (including phenoxy) is 2. The van der Waals surface area contributed by atoms with E-state index < -0.39 is 0 Å². The third kappa shape index (κ3) is 8.91. The van der Waals surface area contributed by atoms with Crippen molar-refractivity contribution in [3.63, 3.8) is 0 Å². The molecule has 0 saturated heterocycles. The van der Waals surface area contributed by atoms with Crippen molar-refractivity contribution in [2.45, 2.75) is 78.2 Å². The molecule has 0 bridgehead atoms. The van der Waals surface area contributed by atoms with Crippen LogP contribution in [0.1, 0.15) is 76.3 Å². The van der Waals surface area contributed by atoms with Gasteiger partial charge in [0.25, 0.3) is 0 Å². The molecule has 0 unspecified atom stereocenters. The van der Waals surface area contributed by atoms with Gasteiger partial charge >= 0.3 is 0 Å². The summed E-state index contributed by atoms with van der Waals surface area (Å²) in [4.78, 5) is 0. The number of hydrogen-bond donors (Lipinski definition) is 0. The van der Waals surface area contributed by atoms with E-state index in [-0.39, 0.29) is 4.65 Å². The Morgan fingerprint density at radius 2 is 1.54 bits per heavy atom. The van der Waals surface area contributed by atoms with E-state index >= 15 is 0 Å². The molecule has 0 heterocycles. The summed E-state index contributed by atoms with van der Waals surface area (Å²) in [5.41, 5.74) is 2.12. The quantitative estimate of drug-likeness (QED) is 0.236. The molecule has 0 fully saturated rings. The lowest BCUT2D eigenvalue weighted by Crippen LogP contribution is -2.31. The highest BCUT2D eigenvalue weighted by Crippen LogP contribution is 2.34. The second-order valence-electron chi connectivity index (χ2n) is 7.70. The van der Waals surface area contributed by atoms with E-state index in [1.807, 2.05) is 6.07 Å². The van der Waals surface area contributed by atoms with Crippen molar-refractivity contribution in [3.05, 3.63) is 28.5 Å². The van der Waals surface area contributed by atoms with Crippen molar-refractivity contribution in [3.8, 4) is 11.5 Å². The predicted octanol–water partition coefficient (Wildman–Crippen LogP) is 5.85. The van der Waals surface area contributed by atoms with Gasteiger partial charge in [0, 0.05) is 0 Å². The van der Waals surface area contributed by atoms with Crippen LogP contribution < -0.4 is 9.47 Å². The minimum absolute atomic E-state index is 0.371. The van der Waals surface area contributed by atoms with Gasteiger partial charge in [0.05, 0.1) is 33.4 Å². The van der Waals surface area contributed by atoms with E-state index in [4.69, 9.17) is 9.47 Å². The molecule has 1 aromatic carbocycles. The first-order valence-corrected chi connectivity index (χ1v) is 10.3. The molecule has 0 amide bonds. The Morgan fingerprint density at radius 1 is 0.923 bits per heavy atom. The minimum atomic E-state index is -0.371. The number of benzene rings is 1. The Labute approximate surface area is 160 Å². The van der Waals surface area contributed by atoms with E-state index in [0.29, 0.717) is 13.2 Å². The first-order chi connectivity index (χ1) is 12.4. The van der Waals surface area contributed by atoms with Gasteiger partial charge in [-0.05, 0) is 30.5 Å². The van der Waals surface area contributed by atoms with Gasteiger partial charge in [-0.15, -0.1) is 0 Å². The largest absolute Gasteiger partial charge is 0.633 e. The van der Waals surface area contributed by atoms with Gasteiger partial charge in [-0.2, -0.15) is 0 Å². The number of rotatable bonds is 14. The second-order valence-corrected chi connectivity index (χ2v) is 7.70. The number of quaternary nitrogens is 1. The average molecular weight is 366 g/mol. The van der Waals surface area contributed by atoms with E-state index in [0.717, 1.165) is 29.9 Å². The molecule has 0 aliphatic carbocycles. The van der Waals surface area contributed by atoms with Gasteiger partial charge in [0.15, 0.2) is 11.5 Å². The Morgan fingerprint density at radius 3 is 2.08 bits per heavy atom. The molecule has 0 spiro atoms. The van der Waals surface area contributed by atoms with Crippen LogP contribution in [0.15, 0.2) is 12.1 Å². The van der Waals surface area contributed by atoms with Crippen LogP contribution in [0.5, 0.6) is 11.5 Å². The van der Waals surface area contributed by atoms with Crippen LogP contribution in [0, 0.1) is 5.21 Å². The summed E-state index contributed by atoms with van der Waals surface area (Å²) < 4.78 is 11.2. The lowest BCUT2D eigenvalue weighted by molar-refractivity contribution is -0.853. The average Bonchev–Trinajstić information content (AvgIpc) is 2.59. The molecule has 0 aliphatic heterocycles. The molecule has 0 aromatic heterocycles. The summed E-state index contributed by atoms with van der Waals surface area (Å²) in [6.45, 7) is 5.42. The van der Waals surface area contributed by atoms with Gasteiger partial charge in [0.1, 0.15) is 6.54 Å². The van der Waals surface area contributed by atoms with Gasteiger partial charge < -0.3 is 19.3 Å². The highest BCUT2D eigenvalue weighted by atomic mass is 16.5. The Balaban J connectivity index is 2.58. The van der Waals surface area contributed by atoms with Gasteiger partial charge in [-0.25, -0.2) is 0 Å². The topological polar surface area (TPSA) is 41.5 Å². The van der Waals surface area contributed by atoms with Crippen LogP contribution in [0.4, 0.5) is 0 Å². The van der Waals surface area contributed by atoms with Crippen LogP contribution in [-0.2, 0) is 13.0 Å². The SMILES string of the molecule is CCCCCCCCCCOc1c(C[N+](C)(C)[O-])cc(CC)cc1OC. The van der Waals surface area contributed by atoms with Gasteiger partial charge in [0.2, 0.25) is 0 Å². The maximum Gasteiger partial charge on any atom is 0.169 e. The summed E-state index contributed by atoms with van der Waals surface area (Å²) in [5, 5.41) is 12.2. The molecule has 26 heavy (non-hydrogen) atoms. The molecular weight excluding hydrogens is 326 g/mol. The standard InChI is InChI=1S/C22H39NO3/c1-6-8-9-10-11-12-13-14-15-26-22-20(18-23(3,4)24)16-19(7-2)17-21(22)25-5/h16-17H,6-15,18H2,1-5H3. The summed E-state index contributed by atoms with van der Waals surface area (Å²) in [6.07, 6.45) is 11.1. The number of unbranched alkanes of at least 4 members (excludes halogenated alkanes) is 7. The van der Waals surface area contributed by atoms with E-state index in [2.05, 4.69) is 19.9 Å². The molecule has 4 heteroatoms. The maximum absolute atomic E-state index is 12.2. The van der Waals surface area contributed by atoms with E-state index in [1.165, 1.54) is 50.5 Å². The van der Waals surface area contributed by atoms with Crippen LogP contribution >= 0.6 is 0 Å². The fourth-order valence-corrected chi connectivity index (χ4v) is 3.18. The maximum atomic E-state index is 12.2. The second kappa shape index (κ2) is 12.2. The lowest BCUT2D eigenvalue weighted by Gasteiger charge is -2.34. The van der Waals surface area contributed by atoms with Crippen molar-refractivity contribution in [2.75, 3.05) is 27.8 Å². The van der Waals surface area contributed by atoms with Crippen molar-refractivity contribution in [1.29, 1.82) is 0 Å². The Kier molecular flexibility index (Phi) is 10.7. The molecule has 4 nitrogen and oxygen atoms in total. The van der Waals surface area contributed by atoms with E-state index in [9.17, 15) is 5.21 Å². The molecule has 0 radical (unpaired) electrons. The highest BCUT2D eigenvalue weighted by Gasteiger charge is 2.17. The first-order valence-electron chi connectivity index (χ1n) is 10.3. The third-order valence-corrected chi connectivity index (χ3v) is 4.62. The van der Waals surface area contributed by atoms with Gasteiger partial charge in [-0.3, -0.25) is 0 Å². The molecule has 0 N–H and O–H groups in total. The van der Waals surface area contributed by atoms with Crippen LogP contribution in [-0.4, -0.2) is 32.5 Å². The zero-order valence-corrected chi connectivity index (χ0v) is 17.6. The lowest BCUT2D eigenvalue weighted by atomic mass is 10.1. The summed E-state index contributed by atoms with van der Waals surface area (Å²) in [6, 6.07) is 4.11. The Hall–Kier alpha value is -1.26. The molecule has 150 valence electrons. The van der Waals surface area contributed by atoms with Crippen LogP contribution in [0.3, 0.4) is 0 Å². The zero-order valence-electron chi connectivity index (χ0n) is 17.6. The number of nitrogens with zero attached hydrogens (tertiary/aromatic N) is 1. The monoisotopic (exact) mass is 365 g/mol. The normalized spacial score (nSPS) is 11.6. The highest BCUT2D eigenvalue weighted by molar-refractivity contribution is 5.49.